The molecule has 7 heteroatoms. The van der Waals surface area contributed by atoms with Crippen molar-refractivity contribution in [2.75, 3.05) is 12.4 Å². The van der Waals surface area contributed by atoms with Crippen molar-refractivity contribution < 1.29 is 9.13 Å². The summed E-state index contributed by atoms with van der Waals surface area (Å²) >= 11 is 0. The molecule has 6 nitrogen and oxygen atoms in total. The number of aryl methyl sites for hydroxylation is 1. The zero-order valence-electron chi connectivity index (χ0n) is 10.9. The molecule has 3 aromatic rings. The second-order valence-electron chi connectivity index (χ2n) is 4.22. The molecule has 0 aliphatic carbocycles. The van der Waals surface area contributed by atoms with Crippen LogP contribution in [0.5, 0.6) is 11.6 Å². The third-order valence-corrected chi connectivity index (χ3v) is 2.82. The average Bonchev–Trinajstić information content (AvgIpc) is 2.91. The Morgan fingerprint density at radius 1 is 1.30 bits per heavy atom. The van der Waals surface area contributed by atoms with Crippen LogP contribution in [0.4, 0.5) is 10.3 Å². The summed E-state index contributed by atoms with van der Waals surface area (Å²) in [6, 6.07) is 4.51. The molecular weight excluding hydrogens is 261 g/mol. The van der Waals surface area contributed by atoms with E-state index >= 15 is 0 Å². The lowest BCUT2D eigenvalue weighted by atomic mass is 10.2. The van der Waals surface area contributed by atoms with Gasteiger partial charge in [0, 0.05) is 7.05 Å². The highest BCUT2D eigenvalue weighted by molar-refractivity contribution is 5.77. The molecule has 2 N–H and O–H groups in total. The van der Waals surface area contributed by atoms with Gasteiger partial charge in [0.25, 0.3) is 5.88 Å². The number of halogens is 1. The first kappa shape index (κ1) is 12.3. The Kier molecular flexibility index (Phi) is 2.94. The van der Waals surface area contributed by atoms with Crippen LogP contribution < -0.4 is 10.1 Å². The summed E-state index contributed by atoms with van der Waals surface area (Å²) in [6.07, 6.45) is 1.52. The van der Waals surface area contributed by atoms with E-state index in [4.69, 9.17) is 4.74 Å². The van der Waals surface area contributed by atoms with Gasteiger partial charge in [0.05, 0.1) is 6.33 Å². The highest BCUT2D eigenvalue weighted by Gasteiger charge is 2.12. The van der Waals surface area contributed by atoms with E-state index in [1.54, 1.807) is 26.1 Å². The number of imidazole rings is 1. The van der Waals surface area contributed by atoms with E-state index in [2.05, 4.69) is 25.3 Å². The van der Waals surface area contributed by atoms with Gasteiger partial charge in [0.15, 0.2) is 5.65 Å². The van der Waals surface area contributed by atoms with Crippen LogP contribution in [-0.4, -0.2) is 27.0 Å². The Hall–Kier alpha value is -2.70. The highest BCUT2D eigenvalue weighted by atomic mass is 19.1. The SMILES string of the molecule is CNc1nc(Oc2ccc(F)c(C)c2)c2[nH]cnc2n1. The fourth-order valence-corrected chi connectivity index (χ4v) is 1.78. The van der Waals surface area contributed by atoms with Crippen LogP contribution in [-0.2, 0) is 0 Å². The van der Waals surface area contributed by atoms with Gasteiger partial charge in [-0.1, -0.05) is 0 Å². The summed E-state index contributed by atoms with van der Waals surface area (Å²) in [7, 11) is 1.71. The first-order chi connectivity index (χ1) is 9.67. The molecule has 2 aromatic heterocycles. The fourth-order valence-electron chi connectivity index (χ4n) is 1.78. The molecule has 0 fully saturated rings. The Bertz CT molecular complexity index is 771. The summed E-state index contributed by atoms with van der Waals surface area (Å²) in [5, 5.41) is 2.84. The number of hydrogen-bond acceptors (Lipinski definition) is 5. The van der Waals surface area contributed by atoms with E-state index < -0.39 is 0 Å². The maximum atomic E-state index is 13.3. The lowest BCUT2D eigenvalue weighted by Gasteiger charge is -2.08. The van der Waals surface area contributed by atoms with Crippen molar-refractivity contribution in [3.63, 3.8) is 0 Å². The molecule has 0 atom stereocenters. The molecule has 0 saturated heterocycles. The first-order valence-corrected chi connectivity index (χ1v) is 6.00. The maximum absolute atomic E-state index is 13.3. The summed E-state index contributed by atoms with van der Waals surface area (Å²) < 4.78 is 19.0. The molecule has 1 aromatic carbocycles. The Morgan fingerprint density at radius 3 is 2.90 bits per heavy atom. The molecule has 0 aliphatic rings. The lowest BCUT2D eigenvalue weighted by Crippen LogP contribution is -1.99. The predicted molar refractivity (Wildman–Crippen MR) is 72.4 cm³/mol. The zero-order valence-corrected chi connectivity index (χ0v) is 10.9. The summed E-state index contributed by atoms with van der Waals surface area (Å²) in [6.45, 7) is 1.67. The van der Waals surface area contributed by atoms with Crippen molar-refractivity contribution in [1.29, 1.82) is 0 Å². The number of benzene rings is 1. The van der Waals surface area contributed by atoms with Crippen molar-refractivity contribution in [3.8, 4) is 11.6 Å². The number of fused-ring (bicyclic) bond motifs is 1. The second-order valence-corrected chi connectivity index (χ2v) is 4.22. The summed E-state index contributed by atoms with van der Waals surface area (Å²) in [5.41, 5.74) is 1.59. The van der Waals surface area contributed by atoms with Crippen molar-refractivity contribution in [2.24, 2.45) is 0 Å². The van der Waals surface area contributed by atoms with Gasteiger partial charge in [-0.05, 0) is 30.7 Å². The fraction of sp³-hybridized carbons (Fsp3) is 0.154. The molecule has 3 rings (SSSR count). The predicted octanol–water partition coefficient (Wildman–Crippen LogP) is 2.63. The Morgan fingerprint density at radius 2 is 2.15 bits per heavy atom. The van der Waals surface area contributed by atoms with Gasteiger partial charge in [0.1, 0.15) is 17.1 Å². The molecule has 0 saturated carbocycles. The van der Waals surface area contributed by atoms with Crippen LogP contribution in [0.1, 0.15) is 5.56 Å². The number of H-pyrrole nitrogens is 1. The number of ether oxygens (including phenoxy) is 1. The number of hydrogen-bond donors (Lipinski definition) is 2. The molecule has 0 bridgehead atoms. The summed E-state index contributed by atoms with van der Waals surface area (Å²) in [5.74, 6) is 0.962. The van der Waals surface area contributed by atoms with E-state index in [-0.39, 0.29) is 5.82 Å². The van der Waals surface area contributed by atoms with Crippen LogP contribution in [0.15, 0.2) is 24.5 Å². The minimum atomic E-state index is -0.275. The first-order valence-electron chi connectivity index (χ1n) is 6.00. The minimum Gasteiger partial charge on any atom is -0.437 e. The number of aromatic nitrogens is 4. The summed E-state index contributed by atoms with van der Waals surface area (Å²) in [4.78, 5) is 15.4. The largest absolute Gasteiger partial charge is 0.437 e. The maximum Gasteiger partial charge on any atom is 0.250 e. The topological polar surface area (TPSA) is 75.7 Å². The van der Waals surface area contributed by atoms with E-state index in [9.17, 15) is 4.39 Å². The third kappa shape index (κ3) is 2.13. The Labute approximate surface area is 114 Å². The van der Waals surface area contributed by atoms with Gasteiger partial charge in [0.2, 0.25) is 5.95 Å². The monoisotopic (exact) mass is 273 g/mol. The van der Waals surface area contributed by atoms with Crippen molar-refractivity contribution >= 4 is 17.1 Å². The van der Waals surface area contributed by atoms with Crippen LogP contribution in [0, 0.1) is 12.7 Å². The van der Waals surface area contributed by atoms with Gasteiger partial charge in [-0.3, -0.25) is 0 Å². The smallest absolute Gasteiger partial charge is 0.250 e. The molecule has 2 heterocycles. The van der Waals surface area contributed by atoms with E-state index in [0.717, 1.165) is 0 Å². The molecular formula is C13H12FN5O. The van der Waals surface area contributed by atoms with Gasteiger partial charge in [-0.2, -0.15) is 9.97 Å². The average molecular weight is 273 g/mol. The van der Waals surface area contributed by atoms with E-state index in [1.807, 2.05) is 0 Å². The number of anilines is 1. The van der Waals surface area contributed by atoms with Crippen LogP contribution in [0.2, 0.25) is 0 Å². The molecule has 0 unspecified atom stereocenters. The van der Waals surface area contributed by atoms with Gasteiger partial charge in [-0.15, -0.1) is 0 Å². The molecule has 0 aliphatic heterocycles. The van der Waals surface area contributed by atoms with Crippen LogP contribution >= 0.6 is 0 Å². The number of nitrogens with one attached hydrogen (secondary N) is 2. The standard InChI is InChI=1S/C13H12FN5O/c1-7-5-8(3-4-9(7)14)20-12-10-11(17-6-16-10)18-13(15-2)19-12/h3-6H,1-2H3,(H2,15,16,17,18,19). The second kappa shape index (κ2) is 4.76. The van der Waals surface area contributed by atoms with Crippen LogP contribution in [0.25, 0.3) is 11.2 Å². The zero-order chi connectivity index (χ0) is 14.1. The third-order valence-electron chi connectivity index (χ3n) is 2.82. The Balaban J connectivity index is 2.04. The van der Waals surface area contributed by atoms with Gasteiger partial charge >= 0.3 is 0 Å². The molecule has 102 valence electrons. The van der Waals surface area contributed by atoms with E-state index in [0.29, 0.717) is 34.3 Å². The minimum absolute atomic E-state index is 0.275. The molecule has 0 amide bonds. The van der Waals surface area contributed by atoms with Crippen LogP contribution in [0.3, 0.4) is 0 Å². The lowest BCUT2D eigenvalue weighted by molar-refractivity contribution is 0.465. The molecule has 0 radical (unpaired) electrons. The number of rotatable bonds is 3. The molecule has 20 heavy (non-hydrogen) atoms. The van der Waals surface area contributed by atoms with Gasteiger partial charge in [-0.25, -0.2) is 9.37 Å². The normalized spacial score (nSPS) is 10.8. The number of aromatic amines is 1. The van der Waals surface area contributed by atoms with Gasteiger partial charge < -0.3 is 15.0 Å². The van der Waals surface area contributed by atoms with E-state index in [1.165, 1.54) is 12.4 Å². The van der Waals surface area contributed by atoms with Crippen molar-refractivity contribution in [2.45, 2.75) is 6.92 Å². The molecule has 0 spiro atoms. The highest BCUT2D eigenvalue weighted by Crippen LogP contribution is 2.27. The number of nitrogens with zero attached hydrogens (tertiary/aromatic N) is 3. The van der Waals surface area contributed by atoms with Crippen molar-refractivity contribution in [3.05, 3.63) is 35.9 Å². The quantitative estimate of drug-likeness (QED) is 0.767. The van der Waals surface area contributed by atoms with Crippen molar-refractivity contribution in [1.82, 2.24) is 19.9 Å².